The Balaban J connectivity index is 4.38. The Morgan fingerprint density at radius 3 is 2.53 bits per heavy atom. The van der Waals surface area contributed by atoms with E-state index < -0.39 is 0 Å². The lowest BCUT2D eigenvalue weighted by atomic mass is 9.95. The number of carbonyl (C=O) groups is 1. The van der Waals surface area contributed by atoms with Gasteiger partial charge in [0, 0.05) is 5.33 Å². The fourth-order valence-corrected chi connectivity index (χ4v) is 1.40. The van der Waals surface area contributed by atoms with Crippen LogP contribution in [-0.2, 0) is 14.3 Å². The highest BCUT2D eigenvalue weighted by atomic mass is 79.9. The topological polar surface area (TPSA) is 35.5 Å². The first-order valence-electron chi connectivity index (χ1n) is 5.75. The van der Waals surface area contributed by atoms with Crippen LogP contribution in [0, 0.1) is 11.8 Å². The Morgan fingerprint density at radius 1 is 1.41 bits per heavy atom. The molecule has 3 nitrogen and oxygen atoms in total. The summed E-state index contributed by atoms with van der Waals surface area (Å²) in [7, 11) is 0. The molecule has 0 aliphatic carbocycles. The number of hydrogen-bond donors (Lipinski definition) is 0. The van der Waals surface area contributed by atoms with Crippen LogP contribution in [0.25, 0.3) is 0 Å². The Bertz CT molecular complexity index is 272. The Morgan fingerprint density at radius 2 is 2.06 bits per heavy atom. The average Bonchev–Trinajstić information content (AvgIpc) is 2.26. The molecule has 0 heterocycles. The van der Waals surface area contributed by atoms with Crippen molar-refractivity contribution in [2.24, 2.45) is 11.8 Å². The van der Waals surface area contributed by atoms with E-state index in [-0.39, 0.29) is 17.8 Å². The summed E-state index contributed by atoms with van der Waals surface area (Å²) in [5.74, 6) is 0.292. The molecule has 1 atom stereocenters. The van der Waals surface area contributed by atoms with Gasteiger partial charge in [-0.3, -0.25) is 4.79 Å². The minimum Gasteiger partial charge on any atom is -0.493 e. The molecular formula is C13H21BrO3. The molecule has 98 valence electrons. The highest BCUT2D eigenvalue weighted by Crippen LogP contribution is 2.15. The summed E-state index contributed by atoms with van der Waals surface area (Å²) in [4.78, 5) is 11.7. The molecule has 0 aromatic rings. The van der Waals surface area contributed by atoms with Crippen LogP contribution in [0.4, 0.5) is 0 Å². The minimum atomic E-state index is -0.251. The van der Waals surface area contributed by atoms with Crippen LogP contribution in [0.5, 0.6) is 0 Å². The molecule has 1 unspecified atom stereocenters. The van der Waals surface area contributed by atoms with Crippen molar-refractivity contribution in [2.75, 3.05) is 18.5 Å². The van der Waals surface area contributed by atoms with E-state index in [0.717, 1.165) is 5.33 Å². The van der Waals surface area contributed by atoms with Crippen LogP contribution in [0.15, 0.2) is 24.5 Å². The van der Waals surface area contributed by atoms with Crippen molar-refractivity contribution < 1.29 is 14.3 Å². The second-order valence-corrected chi connectivity index (χ2v) is 4.68. The molecule has 0 bridgehead atoms. The van der Waals surface area contributed by atoms with E-state index in [4.69, 9.17) is 9.47 Å². The largest absolute Gasteiger partial charge is 0.493 e. The molecule has 0 saturated carbocycles. The number of alkyl halides is 1. The summed E-state index contributed by atoms with van der Waals surface area (Å²) >= 11 is 3.26. The van der Waals surface area contributed by atoms with Gasteiger partial charge in [-0.05, 0) is 18.9 Å². The van der Waals surface area contributed by atoms with Gasteiger partial charge in [-0.1, -0.05) is 42.4 Å². The molecular weight excluding hydrogens is 284 g/mol. The van der Waals surface area contributed by atoms with Gasteiger partial charge in [0.1, 0.15) is 5.76 Å². The monoisotopic (exact) mass is 304 g/mol. The molecule has 4 heteroatoms. The van der Waals surface area contributed by atoms with Crippen molar-refractivity contribution >= 4 is 21.9 Å². The van der Waals surface area contributed by atoms with E-state index >= 15 is 0 Å². The fraction of sp³-hybridized carbons (Fsp3) is 0.615. The maximum atomic E-state index is 11.7. The molecule has 0 aliphatic rings. The number of rotatable bonds is 8. The van der Waals surface area contributed by atoms with E-state index in [9.17, 15) is 4.79 Å². The fourth-order valence-electron chi connectivity index (χ4n) is 1.24. The zero-order chi connectivity index (χ0) is 13.3. The predicted octanol–water partition coefficient (Wildman–Crippen LogP) is 3.30. The molecule has 0 aliphatic heterocycles. The Labute approximate surface area is 112 Å². The molecule has 0 amide bonds. The summed E-state index contributed by atoms with van der Waals surface area (Å²) in [6.07, 6.45) is 3.52. The van der Waals surface area contributed by atoms with E-state index in [0.29, 0.717) is 19.0 Å². The molecule has 0 rings (SSSR count). The molecule has 0 fully saturated rings. The standard InChI is InChI=1S/C13H21BrO3/c1-5-16-13(15)12(10(2)3)7-6-11(4)17-9-8-14/h6-7,10,12H,4-5,8-9H2,1-3H3. The molecule has 0 aromatic heterocycles. The van der Waals surface area contributed by atoms with E-state index in [1.807, 2.05) is 13.8 Å². The van der Waals surface area contributed by atoms with Crippen molar-refractivity contribution in [3.63, 3.8) is 0 Å². The highest BCUT2D eigenvalue weighted by molar-refractivity contribution is 9.09. The molecule has 0 N–H and O–H groups in total. The SMILES string of the molecule is C=C(C=CC(C(=O)OCC)C(C)C)OCCBr. The van der Waals surface area contributed by atoms with Crippen molar-refractivity contribution in [2.45, 2.75) is 20.8 Å². The highest BCUT2D eigenvalue weighted by Gasteiger charge is 2.20. The summed E-state index contributed by atoms with van der Waals surface area (Å²) < 4.78 is 10.3. The first kappa shape index (κ1) is 16.2. The number of carbonyl (C=O) groups excluding carboxylic acids is 1. The van der Waals surface area contributed by atoms with Crippen LogP contribution < -0.4 is 0 Å². The molecule has 17 heavy (non-hydrogen) atoms. The van der Waals surface area contributed by atoms with E-state index in [2.05, 4.69) is 22.5 Å². The summed E-state index contributed by atoms with van der Waals surface area (Å²) in [6.45, 7) is 10.5. The molecule has 0 saturated heterocycles. The Kier molecular flexibility index (Phi) is 8.86. The number of esters is 1. The van der Waals surface area contributed by atoms with Gasteiger partial charge in [-0.15, -0.1) is 0 Å². The summed E-state index contributed by atoms with van der Waals surface area (Å²) in [6, 6.07) is 0. The number of allylic oxidation sites excluding steroid dienone is 1. The van der Waals surface area contributed by atoms with Gasteiger partial charge in [0.25, 0.3) is 0 Å². The van der Waals surface area contributed by atoms with Crippen molar-refractivity contribution in [1.29, 1.82) is 0 Å². The van der Waals surface area contributed by atoms with Crippen LogP contribution >= 0.6 is 15.9 Å². The van der Waals surface area contributed by atoms with E-state index in [1.54, 1.807) is 19.1 Å². The van der Waals surface area contributed by atoms with Crippen molar-refractivity contribution in [3.05, 3.63) is 24.5 Å². The lowest BCUT2D eigenvalue weighted by molar-refractivity contribution is -0.147. The number of ether oxygens (including phenoxy) is 2. The van der Waals surface area contributed by atoms with Gasteiger partial charge in [0.15, 0.2) is 0 Å². The van der Waals surface area contributed by atoms with Gasteiger partial charge < -0.3 is 9.47 Å². The second-order valence-electron chi connectivity index (χ2n) is 3.88. The number of halogens is 1. The van der Waals surface area contributed by atoms with Gasteiger partial charge in [-0.25, -0.2) is 0 Å². The normalized spacial score (nSPS) is 12.8. The lowest BCUT2D eigenvalue weighted by Crippen LogP contribution is -2.20. The quantitative estimate of drug-likeness (QED) is 0.299. The maximum absolute atomic E-state index is 11.7. The van der Waals surface area contributed by atoms with Crippen LogP contribution in [-0.4, -0.2) is 24.5 Å². The lowest BCUT2D eigenvalue weighted by Gasteiger charge is -2.15. The van der Waals surface area contributed by atoms with Gasteiger partial charge in [0.2, 0.25) is 0 Å². The molecule has 0 spiro atoms. The summed E-state index contributed by atoms with van der Waals surface area (Å²) in [5, 5.41) is 0.755. The zero-order valence-corrected chi connectivity index (χ0v) is 12.3. The zero-order valence-electron chi connectivity index (χ0n) is 10.7. The molecule has 0 aromatic carbocycles. The van der Waals surface area contributed by atoms with Crippen LogP contribution in [0.3, 0.4) is 0 Å². The minimum absolute atomic E-state index is 0.189. The predicted molar refractivity (Wildman–Crippen MR) is 73.0 cm³/mol. The average molecular weight is 305 g/mol. The smallest absolute Gasteiger partial charge is 0.313 e. The second kappa shape index (κ2) is 9.28. The van der Waals surface area contributed by atoms with Gasteiger partial charge in [0.05, 0.1) is 19.1 Å². The third-order valence-corrected chi connectivity index (χ3v) is 2.45. The molecule has 0 radical (unpaired) electrons. The third kappa shape index (κ3) is 7.21. The first-order chi connectivity index (χ1) is 8.02. The third-order valence-electron chi connectivity index (χ3n) is 2.13. The summed E-state index contributed by atoms with van der Waals surface area (Å²) in [5.41, 5.74) is 0. The van der Waals surface area contributed by atoms with Crippen LogP contribution in [0.2, 0.25) is 0 Å². The first-order valence-corrected chi connectivity index (χ1v) is 6.87. The van der Waals surface area contributed by atoms with Crippen molar-refractivity contribution in [3.8, 4) is 0 Å². The maximum Gasteiger partial charge on any atom is 0.313 e. The Hall–Kier alpha value is -0.770. The van der Waals surface area contributed by atoms with Crippen LogP contribution in [0.1, 0.15) is 20.8 Å². The number of hydrogen-bond acceptors (Lipinski definition) is 3. The van der Waals surface area contributed by atoms with E-state index in [1.165, 1.54) is 0 Å². The van der Waals surface area contributed by atoms with Gasteiger partial charge in [-0.2, -0.15) is 0 Å². The van der Waals surface area contributed by atoms with Gasteiger partial charge >= 0.3 is 5.97 Å². The van der Waals surface area contributed by atoms with Crippen molar-refractivity contribution in [1.82, 2.24) is 0 Å².